The summed E-state index contributed by atoms with van der Waals surface area (Å²) >= 11 is 12.5. The van der Waals surface area contributed by atoms with Crippen molar-refractivity contribution in [2.75, 3.05) is 107 Å². The molecule has 2 aliphatic carbocycles. The molecule has 38 heteroatoms. The SMILES string of the molecule is CC(C)OC(=O)Nc1ccc(Cl)cc1C(=O)N1CCCC[C@H]1c1cc2nc(N3CCC3)cc(N3CCCCC3)n2n1.CC[C@H]1CCN(c2nc3cc([C@@H]4CCCCN4C(=O)c4cc(C)cc(C)n4)nn3cc2C)C1.Cc1ccc(NS(C)(=O)=O)c(C(=O)N2CCCC[C@H]2c2cc3nc(C4CC4)c(C)cn3n2)c1.Cc1cn2nc([C@@H]3CCCCN3C(=O)c3cc(F)cc(Cl)c3NS(C)(=O)=O)cc2nc1C1CC1. The van der Waals surface area contributed by atoms with Crippen molar-refractivity contribution in [1.29, 1.82) is 0 Å². The lowest BCUT2D eigenvalue weighted by molar-refractivity contribution is 0.0594. The third-order valence-corrected chi connectivity index (χ3v) is 29.9. The van der Waals surface area contributed by atoms with Gasteiger partial charge in [-0.3, -0.25) is 33.9 Å². The highest BCUT2D eigenvalue weighted by Crippen LogP contribution is 2.45. The van der Waals surface area contributed by atoms with E-state index in [0.29, 0.717) is 76.8 Å². The normalized spacial score (nSPS) is 19.7. The van der Waals surface area contributed by atoms with Gasteiger partial charge in [0.05, 0.1) is 116 Å². The quantitative estimate of drug-likeness (QED) is 0.0638. The molecule has 2 saturated carbocycles. The zero-order chi connectivity index (χ0) is 99.1. The molecule has 141 heavy (non-hydrogen) atoms. The number of rotatable bonds is 20. The van der Waals surface area contributed by atoms with Gasteiger partial charge in [-0.2, -0.15) is 24.9 Å². The number of benzene rings is 3. The highest BCUT2D eigenvalue weighted by atomic mass is 35.5. The topological polar surface area (TPSA) is 355 Å². The Kier molecular flexibility index (Phi) is 29.4. The number of piperidine rings is 5. The molecule has 3 N–H and O–H groups in total. The van der Waals surface area contributed by atoms with Crippen molar-refractivity contribution in [1.82, 2.24) is 83.0 Å². The van der Waals surface area contributed by atoms with Crippen LogP contribution in [-0.2, 0) is 24.8 Å². The number of ether oxygens (including phenoxy) is 1. The number of fused-ring (bicyclic) bond motifs is 4. The van der Waals surface area contributed by atoms with Gasteiger partial charge < -0.3 is 39.0 Å². The minimum atomic E-state index is -3.74. The maximum Gasteiger partial charge on any atom is 0.411 e. The van der Waals surface area contributed by atoms with Gasteiger partial charge in [0.2, 0.25) is 20.0 Å². The van der Waals surface area contributed by atoms with Crippen LogP contribution in [0.4, 0.5) is 43.7 Å². The molecule has 746 valence electrons. The Morgan fingerprint density at radius 2 is 0.943 bits per heavy atom. The Balaban J connectivity index is 0.000000125. The maximum absolute atomic E-state index is 14.2. The number of aromatic nitrogens is 13. The fraction of sp³-hybridized carbons (Fsp3) is 0.495. The number of halogens is 3. The number of aryl methyl sites for hydroxylation is 6. The second kappa shape index (κ2) is 41.8. The highest BCUT2D eigenvalue weighted by Gasteiger charge is 2.40. The molecular weight excluding hydrogens is 1870 g/mol. The monoisotopic (exact) mass is 2000 g/mol. The second-order valence-electron chi connectivity index (χ2n) is 39.8. The highest BCUT2D eigenvalue weighted by molar-refractivity contribution is 7.92. The van der Waals surface area contributed by atoms with Gasteiger partial charge >= 0.3 is 6.09 Å². The van der Waals surface area contributed by atoms with Crippen molar-refractivity contribution in [2.45, 2.75) is 246 Å². The minimum absolute atomic E-state index is 0.00365. The summed E-state index contributed by atoms with van der Waals surface area (Å²) in [6.07, 6.45) is 29.9. The first kappa shape index (κ1) is 99.0. The summed E-state index contributed by atoms with van der Waals surface area (Å²) in [6.45, 7) is 26.4. The number of amides is 5. The number of carbonyl (C=O) groups excluding carboxylic acids is 5. The predicted molar refractivity (Wildman–Crippen MR) is 544 cm³/mol. The molecule has 3 aromatic carbocycles. The van der Waals surface area contributed by atoms with Crippen molar-refractivity contribution in [3.63, 3.8) is 0 Å². The Morgan fingerprint density at radius 1 is 0.454 bits per heavy atom. The van der Waals surface area contributed by atoms with Crippen molar-refractivity contribution in [2.24, 2.45) is 5.92 Å². The molecule has 7 saturated heterocycles. The summed E-state index contributed by atoms with van der Waals surface area (Å²) < 4.78 is 79.1. The number of hydrogen-bond acceptors (Lipinski definition) is 22. The number of anilines is 6. The number of carbonyl (C=O) groups is 5. The predicted octanol–water partition coefficient (Wildman–Crippen LogP) is 19.0. The zero-order valence-corrected chi connectivity index (χ0v) is 85.3. The molecule has 0 radical (unpaired) electrons. The van der Waals surface area contributed by atoms with Gasteiger partial charge in [-0.15, -0.1) is 0 Å². The first-order valence-electron chi connectivity index (χ1n) is 49.9. The Labute approximate surface area is 832 Å². The van der Waals surface area contributed by atoms with Crippen molar-refractivity contribution in [3.05, 3.63) is 216 Å². The van der Waals surface area contributed by atoms with E-state index >= 15 is 0 Å². The van der Waals surface area contributed by atoms with Gasteiger partial charge in [0, 0.05) is 142 Å². The van der Waals surface area contributed by atoms with Gasteiger partial charge in [0.1, 0.15) is 29.0 Å². The van der Waals surface area contributed by atoms with Crippen LogP contribution in [0.2, 0.25) is 10.0 Å². The third-order valence-electron chi connectivity index (χ3n) is 28.2. The van der Waals surface area contributed by atoms with Crippen LogP contribution in [0.25, 0.3) is 22.6 Å². The van der Waals surface area contributed by atoms with Gasteiger partial charge in [-0.25, -0.2) is 64.5 Å². The number of pyridine rings is 1. The van der Waals surface area contributed by atoms with Crippen LogP contribution < -0.4 is 29.5 Å². The van der Waals surface area contributed by atoms with Crippen molar-refractivity contribution < 1.29 is 49.9 Å². The fourth-order valence-corrected chi connectivity index (χ4v) is 22.4. The molecule has 9 aromatic heterocycles. The van der Waals surface area contributed by atoms with Gasteiger partial charge in [-0.1, -0.05) is 48.2 Å². The van der Waals surface area contributed by atoms with E-state index in [1.807, 2.05) is 98.7 Å². The smallest absolute Gasteiger partial charge is 0.411 e. The average Bonchev–Trinajstić information content (AvgIpc) is 1.63. The summed E-state index contributed by atoms with van der Waals surface area (Å²) in [5.74, 6) is 3.35. The van der Waals surface area contributed by atoms with Crippen molar-refractivity contribution >= 4 is 130 Å². The fourth-order valence-electron chi connectivity index (χ4n) is 20.8. The molecule has 5 amide bonds. The molecule has 0 unspecified atom stereocenters. The molecule has 9 fully saturated rings. The Bertz CT molecular complexity index is 6990. The average molecular weight is 2000 g/mol. The number of nitrogens with zero attached hydrogens (tertiary/aromatic N) is 20. The Morgan fingerprint density at radius 3 is 1.45 bits per heavy atom. The minimum Gasteiger partial charge on any atom is -0.447 e. The lowest BCUT2D eigenvalue weighted by Gasteiger charge is -2.35. The molecular formula is C103H126Cl2FN23O10S2. The van der Waals surface area contributed by atoms with E-state index < -0.39 is 37.9 Å². The molecule has 9 aliphatic rings. The van der Waals surface area contributed by atoms with Crippen molar-refractivity contribution in [3.8, 4) is 0 Å². The summed E-state index contributed by atoms with van der Waals surface area (Å²) in [6, 6.07) is 25.4. The molecule has 16 heterocycles. The molecule has 0 spiro atoms. The van der Waals surface area contributed by atoms with Gasteiger partial charge in [0.15, 0.2) is 22.6 Å². The van der Waals surface area contributed by atoms with E-state index in [9.17, 15) is 45.2 Å². The Hall–Kier alpha value is -12.2. The van der Waals surface area contributed by atoms with Crippen LogP contribution in [-0.4, -0.2) is 214 Å². The van der Waals surface area contributed by atoms with Crippen LogP contribution in [0.5, 0.6) is 0 Å². The van der Waals surface area contributed by atoms with Crippen LogP contribution in [0.1, 0.15) is 307 Å². The lowest BCUT2D eigenvalue weighted by Crippen LogP contribution is -2.39. The first-order chi connectivity index (χ1) is 67.6. The zero-order valence-electron chi connectivity index (χ0n) is 82.1. The van der Waals surface area contributed by atoms with Crippen LogP contribution in [0, 0.1) is 53.3 Å². The van der Waals surface area contributed by atoms with E-state index in [1.165, 1.54) is 51.4 Å². The summed E-state index contributed by atoms with van der Waals surface area (Å²) in [5, 5.41) is 22.4. The van der Waals surface area contributed by atoms with Crippen LogP contribution in [0.3, 0.4) is 0 Å². The van der Waals surface area contributed by atoms with Crippen LogP contribution in [0.15, 0.2) is 110 Å². The van der Waals surface area contributed by atoms with E-state index in [-0.39, 0.29) is 64.3 Å². The summed E-state index contributed by atoms with van der Waals surface area (Å²) in [4.78, 5) is 106. The number of hydrogen-bond donors (Lipinski definition) is 3. The molecule has 12 aromatic rings. The van der Waals surface area contributed by atoms with Crippen LogP contribution >= 0.6 is 23.2 Å². The maximum atomic E-state index is 14.2. The van der Waals surface area contributed by atoms with Gasteiger partial charge in [-0.05, 0) is 267 Å². The lowest BCUT2D eigenvalue weighted by atomic mass is 9.97. The summed E-state index contributed by atoms with van der Waals surface area (Å²) in [7, 11) is -7.26. The molecule has 21 rings (SSSR count). The first-order valence-corrected chi connectivity index (χ1v) is 54.4. The second-order valence-corrected chi connectivity index (χ2v) is 44.2. The summed E-state index contributed by atoms with van der Waals surface area (Å²) in [5.41, 5.74) is 16.6. The molecule has 7 aliphatic heterocycles. The largest absolute Gasteiger partial charge is 0.447 e. The number of likely N-dealkylation sites (tertiary alicyclic amines) is 4. The number of nitrogens with one attached hydrogen (secondary N) is 3. The standard InChI is InChI=1S/C30H38ClN7O3.C26H34N6O.C24H29N5O3S.C23H25ClFN5O3S/c1-20(2)41-30(40)32-23-11-10-21(31)17-22(23)29(39)37-16-7-4-9-25(37)24-18-27-33-26(35-14-8-15-35)19-28(38(27)34-24)36-12-5-3-6-13-36;1-5-20-9-11-30(16-20)25-18(3)15-32-24(28-25)14-21(29-32)23-8-6-7-10-31(23)26(33)22-13-17(2)12-19(4)27-22;1-15-7-10-19(27-33(3,31)32)18(12-15)24(30)28-11-5-4-6-21(28)20-13-22-25-23(17-8-9-17)16(2)14-29(22)26-20;1-13-12-30-20(26-21(13)14-6-7-14)11-18(27-30)19-5-3-4-8-29(19)23(31)16-9-15(25)10-17(24)22(16)28-34(2,32)33/h10-11,17-20,25H,3-9,12-16H2,1-2H3,(H,32,40);12-15,20,23H,5-11,16H2,1-4H3;7,10,12-14,17,21,27H,4-6,8-9,11H2,1-3H3;9-12,14,19,28H,3-8H2,1-2H3/t25-;20-,23-;21-;19-/m0000/s1. The number of sulfonamides is 2. The van der Waals surface area contributed by atoms with E-state index in [0.717, 1.165) is 262 Å². The molecule has 33 nitrogen and oxygen atoms in total. The third kappa shape index (κ3) is 22.7. The van der Waals surface area contributed by atoms with E-state index in [1.54, 1.807) is 59.7 Å². The van der Waals surface area contributed by atoms with E-state index in [4.69, 9.17) is 68.3 Å². The van der Waals surface area contributed by atoms with Gasteiger partial charge in [0.25, 0.3) is 23.6 Å². The molecule has 0 bridgehead atoms. The van der Waals surface area contributed by atoms with E-state index in [2.05, 4.69) is 73.5 Å². The molecule has 5 atom stereocenters.